The summed E-state index contributed by atoms with van der Waals surface area (Å²) >= 11 is 0. The van der Waals surface area contributed by atoms with Crippen molar-refractivity contribution in [1.82, 2.24) is 15.0 Å². The average molecular weight is 234 g/mol. The lowest BCUT2D eigenvalue weighted by atomic mass is 9.82. The van der Waals surface area contributed by atoms with Crippen LogP contribution in [0.5, 0.6) is 0 Å². The molecule has 0 aliphatic heterocycles. The van der Waals surface area contributed by atoms with Gasteiger partial charge in [0.2, 0.25) is 5.95 Å². The molecule has 0 unspecified atom stereocenters. The highest BCUT2D eigenvalue weighted by molar-refractivity contribution is 5.18. The van der Waals surface area contributed by atoms with Gasteiger partial charge in [0.15, 0.2) is 0 Å². The van der Waals surface area contributed by atoms with Crippen LogP contribution in [0.1, 0.15) is 69.9 Å². The van der Waals surface area contributed by atoms with Gasteiger partial charge in [-0.2, -0.15) is 9.97 Å². The molecule has 2 N–H and O–H groups in total. The molecule has 1 aromatic rings. The van der Waals surface area contributed by atoms with Crippen molar-refractivity contribution in [2.45, 2.75) is 58.3 Å². The summed E-state index contributed by atoms with van der Waals surface area (Å²) in [4.78, 5) is 13.1. The molecular weight excluding hydrogens is 212 g/mol. The van der Waals surface area contributed by atoms with Crippen LogP contribution in [0.15, 0.2) is 0 Å². The predicted octanol–water partition coefficient (Wildman–Crippen LogP) is 2.87. The SMILES string of the molecule is CC1CCC(c2nc(N)nc(C(C)C)n2)CC1. The fraction of sp³-hybridized carbons (Fsp3) is 0.769. The summed E-state index contributed by atoms with van der Waals surface area (Å²) in [5.74, 6) is 3.74. The van der Waals surface area contributed by atoms with Gasteiger partial charge in [0, 0.05) is 11.8 Å². The van der Waals surface area contributed by atoms with Crippen molar-refractivity contribution in [3.8, 4) is 0 Å². The number of nitrogens with two attached hydrogens (primary N) is 1. The standard InChI is InChI=1S/C13H22N4/c1-8(2)11-15-12(17-13(14)16-11)10-6-4-9(3)5-7-10/h8-10H,4-7H2,1-3H3,(H2,14,15,16,17). The van der Waals surface area contributed by atoms with Crippen LogP contribution >= 0.6 is 0 Å². The summed E-state index contributed by atoms with van der Waals surface area (Å²) in [6, 6.07) is 0. The predicted molar refractivity (Wildman–Crippen MR) is 68.7 cm³/mol. The van der Waals surface area contributed by atoms with Crippen LogP contribution < -0.4 is 5.73 Å². The summed E-state index contributed by atoms with van der Waals surface area (Å²) in [5, 5.41) is 0. The van der Waals surface area contributed by atoms with E-state index >= 15 is 0 Å². The fourth-order valence-electron chi connectivity index (χ4n) is 2.39. The van der Waals surface area contributed by atoms with E-state index in [1.165, 1.54) is 25.7 Å². The zero-order chi connectivity index (χ0) is 12.4. The van der Waals surface area contributed by atoms with Crippen molar-refractivity contribution in [3.63, 3.8) is 0 Å². The van der Waals surface area contributed by atoms with Crippen molar-refractivity contribution in [1.29, 1.82) is 0 Å². The maximum absolute atomic E-state index is 5.77. The normalized spacial score (nSPS) is 25.2. The van der Waals surface area contributed by atoms with Gasteiger partial charge in [0.25, 0.3) is 0 Å². The van der Waals surface area contributed by atoms with Gasteiger partial charge in [-0.3, -0.25) is 0 Å². The van der Waals surface area contributed by atoms with Crippen LogP contribution in [0.3, 0.4) is 0 Å². The van der Waals surface area contributed by atoms with Crippen molar-refractivity contribution in [3.05, 3.63) is 11.6 Å². The van der Waals surface area contributed by atoms with Crippen LogP contribution in [-0.2, 0) is 0 Å². The third-order valence-corrected chi connectivity index (χ3v) is 3.58. The Kier molecular flexibility index (Phi) is 3.60. The molecule has 1 saturated carbocycles. The van der Waals surface area contributed by atoms with E-state index in [0.717, 1.165) is 17.6 Å². The molecule has 0 bridgehead atoms. The lowest BCUT2D eigenvalue weighted by Crippen LogP contribution is -2.16. The second-order valence-corrected chi connectivity index (χ2v) is 5.52. The number of aromatic nitrogens is 3. The van der Waals surface area contributed by atoms with E-state index < -0.39 is 0 Å². The largest absolute Gasteiger partial charge is 0.368 e. The van der Waals surface area contributed by atoms with Crippen molar-refractivity contribution in [2.24, 2.45) is 5.92 Å². The van der Waals surface area contributed by atoms with E-state index in [0.29, 0.717) is 17.8 Å². The van der Waals surface area contributed by atoms with Crippen molar-refractivity contribution >= 4 is 5.95 Å². The Morgan fingerprint density at radius 2 is 1.71 bits per heavy atom. The summed E-state index contributed by atoms with van der Waals surface area (Å²) in [6.45, 7) is 6.49. The molecule has 17 heavy (non-hydrogen) atoms. The van der Waals surface area contributed by atoms with E-state index in [-0.39, 0.29) is 0 Å². The molecule has 2 rings (SSSR count). The van der Waals surface area contributed by atoms with Gasteiger partial charge >= 0.3 is 0 Å². The minimum atomic E-state index is 0.307. The minimum Gasteiger partial charge on any atom is -0.368 e. The van der Waals surface area contributed by atoms with Gasteiger partial charge in [0.05, 0.1) is 0 Å². The molecule has 0 radical (unpaired) electrons. The highest BCUT2D eigenvalue weighted by Crippen LogP contribution is 2.34. The van der Waals surface area contributed by atoms with Gasteiger partial charge in [0.1, 0.15) is 11.6 Å². The fourth-order valence-corrected chi connectivity index (χ4v) is 2.39. The number of anilines is 1. The third kappa shape index (κ3) is 2.93. The van der Waals surface area contributed by atoms with Crippen LogP contribution in [0.2, 0.25) is 0 Å². The Balaban J connectivity index is 2.20. The number of hydrogen-bond acceptors (Lipinski definition) is 4. The summed E-state index contributed by atoms with van der Waals surface area (Å²) < 4.78 is 0. The average Bonchev–Trinajstić information content (AvgIpc) is 2.29. The molecule has 0 aromatic carbocycles. The summed E-state index contributed by atoms with van der Waals surface area (Å²) in [6.07, 6.45) is 4.91. The maximum atomic E-state index is 5.77. The first-order valence-electron chi connectivity index (χ1n) is 6.57. The first-order valence-corrected chi connectivity index (χ1v) is 6.57. The number of rotatable bonds is 2. The first kappa shape index (κ1) is 12.3. The summed E-state index contributed by atoms with van der Waals surface area (Å²) in [5.41, 5.74) is 5.77. The Hall–Kier alpha value is -1.19. The molecule has 0 amide bonds. The number of hydrogen-bond donors (Lipinski definition) is 1. The maximum Gasteiger partial charge on any atom is 0.223 e. The Labute approximate surface area is 103 Å². The highest BCUT2D eigenvalue weighted by Gasteiger charge is 2.23. The monoisotopic (exact) mass is 234 g/mol. The van der Waals surface area contributed by atoms with Crippen molar-refractivity contribution < 1.29 is 0 Å². The van der Waals surface area contributed by atoms with Crippen molar-refractivity contribution in [2.75, 3.05) is 5.73 Å². The topological polar surface area (TPSA) is 64.7 Å². The van der Waals surface area contributed by atoms with Gasteiger partial charge in [-0.1, -0.05) is 33.6 Å². The molecule has 0 saturated heterocycles. The zero-order valence-corrected chi connectivity index (χ0v) is 11.0. The van der Waals surface area contributed by atoms with E-state index in [9.17, 15) is 0 Å². The molecule has 4 nitrogen and oxygen atoms in total. The Morgan fingerprint density at radius 1 is 1.06 bits per heavy atom. The van der Waals surface area contributed by atoms with Crippen LogP contribution in [0, 0.1) is 5.92 Å². The van der Waals surface area contributed by atoms with E-state index in [4.69, 9.17) is 5.73 Å². The van der Waals surface area contributed by atoms with Gasteiger partial charge in [-0.25, -0.2) is 4.98 Å². The number of nitrogen functional groups attached to an aromatic ring is 1. The lowest BCUT2D eigenvalue weighted by Gasteiger charge is -2.25. The summed E-state index contributed by atoms with van der Waals surface area (Å²) in [7, 11) is 0. The third-order valence-electron chi connectivity index (χ3n) is 3.58. The van der Waals surface area contributed by atoms with Gasteiger partial charge in [-0.15, -0.1) is 0 Å². The Morgan fingerprint density at radius 3 is 2.29 bits per heavy atom. The van der Waals surface area contributed by atoms with Crippen LogP contribution in [0.25, 0.3) is 0 Å². The van der Waals surface area contributed by atoms with E-state index in [1.807, 2.05) is 0 Å². The van der Waals surface area contributed by atoms with Gasteiger partial charge < -0.3 is 5.73 Å². The van der Waals surface area contributed by atoms with E-state index in [1.54, 1.807) is 0 Å². The number of nitrogens with zero attached hydrogens (tertiary/aromatic N) is 3. The molecular formula is C13H22N4. The first-order chi connectivity index (χ1) is 8.06. The molecule has 94 valence electrons. The molecule has 0 atom stereocenters. The van der Waals surface area contributed by atoms with E-state index in [2.05, 4.69) is 35.7 Å². The highest BCUT2D eigenvalue weighted by atomic mass is 15.1. The second kappa shape index (κ2) is 4.98. The zero-order valence-electron chi connectivity index (χ0n) is 11.0. The lowest BCUT2D eigenvalue weighted by molar-refractivity contribution is 0.338. The quantitative estimate of drug-likeness (QED) is 0.854. The molecule has 1 heterocycles. The molecule has 0 spiro atoms. The minimum absolute atomic E-state index is 0.307. The molecule has 1 aromatic heterocycles. The van der Waals surface area contributed by atoms with Crippen LogP contribution in [0.4, 0.5) is 5.95 Å². The molecule has 1 aliphatic carbocycles. The molecule has 1 aliphatic rings. The molecule has 4 heteroatoms. The Bertz CT molecular complexity index is 381. The smallest absolute Gasteiger partial charge is 0.223 e. The molecule has 1 fully saturated rings. The van der Waals surface area contributed by atoms with Crippen LogP contribution in [-0.4, -0.2) is 15.0 Å². The van der Waals surface area contributed by atoms with Gasteiger partial charge in [-0.05, 0) is 18.8 Å². The second-order valence-electron chi connectivity index (χ2n) is 5.52.